The molecule has 2 heterocycles. The van der Waals surface area contributed by atoms with Crippen LogP contribution in [-0.2, 0) is 6.54 Å². The number of aromatic nitrogens is 1. The topological polar surface area (TPSA) is 96.4 Å². The number of hydrogen-bond donors (Lipinski definition) is 2. The summed E-state index contributed by atoms with van der Waals surface area (Å²) in [6, 6.07) is 10.2. The molecule has 1 fully saturated rings. The summed E-state index contributed by atoms with van der Waals surface area (Å²) in [7, 11) is 0. The van der Waals surface area contributed by atoms with E-state index in [1.54, 1.807) is 6.20 Å². The molecule has 3 rings (SSSR count). The van der Waals surface area contributed by atoms with Gasteiger partial charge < -0.3 is 25.4 Å². The lowest BCUT2D eigenvalue weighted by molar-refractivity contribution is 0.325. The Morgan fingerprint density at radius 3 is 2.34 bits per heavy atom. The molecule has 7 heteroatoms. The van der Waals surface area contributed by atoms with Crippen molar-refractivity contribution in [3.05, 3.63) is 41.6 Å². The first-order chi connectivity index (χ1) is 14.2. The largest absolute Gasteiger partial charge is 0.492 e. The molecule has 2 aromatic rings. The van der Waals surface area contributed by atoms with Gasteiger partial charge in [0.15, 0.2) is 0 Å². The number of rotatable bonds is 8. The number of nitrogens with two attached hydrogens (primary N) is 1. The summed E-state index contributed by atoms with van der Waals surface area (Å²) < 4.78 is 11.5. The average molecular weight is 396 g/mol. The normalized spacial score (nSPS) is 14.2. The van der Waals surface area contributed by atoms with Crippen molar-refractivity contribution in [2.24, 2.45) is 0 Å². The Bertz CT molecular complexity index is 814. The minimum absolute atomic E-state index is 0.361. The fourth-order valence-electron chi connectivity index (χ4n) is 3.63. The monoisotopic (exact) mass is 395 g/mol. The zero-order chi connectivity index (χ0) is 20.6. The number of piperidine rings is 1. The van der Waals surface area contributed by atoms with Crippen molar-refractivity contribution in [2.75, 3.05) is 36.9 Å². The van der Waals surface area contributed by atoms with Gasteiger partial charge >= 0.3 is 0 Å². The molecule has 0 unspecified atom stereocenters. The number of hydrogen-bond acceptors (Lipinski definition) is 7. The molecule has 0 atom stereocenters. The van der Waals surface area contributed by atoms with E-state index in [-0.39, 0.29) is 0 Å². The third kappa shape index (κ3) is 5.09. The lowest BCUT2D eigenvalue weighted by Crippen LogP contribution is -2.43. The fraction of sp³-hybridized carbons (Fsp3) is 0.455. The van der Waals surface area contributed by atoms with Crippen LogP contribution in [0.15, 0.2) is 30.5 Å². The second-order valence-corrected chi connectivity index (χ2v) is 7.00. The van der Waals surface area contributed by atoms with Crippen molar-refractivity contribution in [1.29, 1.82) is 5.26 Å². The van der Waals surface area contributed by atoms with Gasteiger partial charge in [0.1, 0.15) is 29.1 Å². The van der Waals surface area contributed by atoms with E-state index in [0.717, 1.165) is 37.3 Å². The van der Waals surface area contributed by atoms with Crippen LogP contribution in [0.1, 0.15) is 37.8 Å². The molecule has 29 heavy (non-hydrogen) atoms. The van der Waals surface area contributed by atoms with Gasteiger partial charge in [-0.1, -0.05) is 0 Å². The van der Waals surface area contributed by atoms with Crippen molar-refractivity contribution in [3.8, 4) is 17.6 Å². The van der Waals surface area contributed by atoms with Gasteiger partial charge in [0.25, 0.3) is 0 Å². The number of nitrogens with zero attached hydrogens (tertiary/aromatic N) is 3. The Labute approximate surface area is 172 Å². The van der Waals surface area contributed by atoms with Crippen LogP contribution < -0.4 is 25.4 Å². The van der Waals surface area contributed by atoms with E-state index in [2.05, 4.69) is 21.3 Å². The molecule has 7 nitrogen and oxygen atoms in total. The van der Waals surface area contributed by atoms with Crippen molar-refractivity contribution in [3.63, 3.8) is 0 Å². The quantitative estimate of drug-likeness (QED) is 0.663. The van der Waals surface area contributed by atoms with Gasteiger partial charge in [-0.3, -0.25) is 0 Å². The summed E-state index contributed by atoms with van der Waals surface area (Å²) in [4.78, 5) is 6.86. The van der Waals surface area contributed by atoms with Crippen LogP contribution in [0.3, 0.4) is 0 Å². The highest BCUT2D eigenvalue weighted by molar-refractivity contribution is 5.64. The minimum atomic E-state index is 0.361. The molecule has 0 bridgehead atoms. The summed E-state index contributed by atoms with van der Waals surface area (Å²) in [6.45, 7) is 7.57. The summed E-state index contributed by atoms with van der Waals surface area (Å²) in [5.74, 6) is 2.15. The molecule has 0 aliphatic carbocycles. The molecule has 0 saturated carbocycles. The summed E-state index contributed by atoms with van der Waals surface area (Å²) >= 11 is 0. The third-order valence-electron chi connectivity index (χ3n) is 5.04. The summed E-state index contributed by atoms with van der Waals surface area (Å²) in [5, 5.41) is 12.5. The maximum absolute atomic E-state index is 9.09. The van der Waals surface area contributed by atoms with Crippen molar-refractivity contribution in [1.82, 2.24) is 10.3 Å². The molecule has 0 amide bonds. The van der Waals surface area contributed by atoms with Gasteiger partial charge in [-0.05, 0) is 69.6 Å². The van der Waals surface area contributed by atoms with Gasteiger partial charge in [0, 0.05) is 18.8 Å². The molecule has 1 aliphatic heterocycles. The van der Waals surface area contributed by atoms with E-state index in [1.165, 1.54) is 0 Å². The molecule has 1 aromatic carbocycles. The molecule has 154 valence electrons. The van der Waals surface area contributed by atoms with Crippen LogP contribution in [0.25, 0.3) is 0 Å². The van der Waals surface area contributed by atoms with Gasteiger partial charge in [-0.25, -0.2) is 4.98 Å². The van der Waals surface area contributed by atoms with Crippen molar-refractivity contribution >= 4 is 11.5 Å². The van der Waals surface area contributed by atoms with E-state index in [1.807, 2.05) is 38.1 Å². The van der Waals surface area contributed by atoms with Crippen LogP contribution in [-0.4, -0.2) is 37.3 Å². The molecule has 1 aliphatic rings. The highest BCUT2D eigenvalue weighted by atomic mass is 16.5. The van der Waals surface area contributed by atoms with E-state index < -0.39 is 0 Å². The van der Waals surface area contributed by atoms with Gasteiger partial charge in [0.2, 0.25) is 0 Å². The SMILES string of the molecule is CCOc1cc(CN(c2ccc(C#N)cn2)C2CCNCC2)cc(OCC)c1N. The summed E-state index contributed by atoms with van der Waals surface area (Å²) in [6.07, 6.45) is 3.70. The van der Waals surface area contributed by atoms with E-state index in [4.69, 9.17) is 20.5 Å². The van der Waals surface area contributed by atoms with Crippen LogP contribution in [0, 0.1) is 11.3 Å². The molecule has 1 saturated heterocycles. The zero-order valence-corrected chi connectivity index (χ0v) is 17.1. The molecule has 1 aromatic heterocycles. The molecule has 0 radical (unpaired) electrons. The second kappa shape index (κ2) is 9.99. The number of ether oxygens (including phenoxy) is 2. The Kier molecular flexibility index (Phi) is 7.14. The van der Waals surface area contributed by atoms with Gasteiger partial charge in [-0.15, -0.1) is 0 Å². The number of nitrogens with one attached hydrogen (secondary N) is 1. The second-order valence-electron chi connectivity index (χ2n) is 7.00. The first-order valence-corrected chi connectivity index (χ1v) is 10.2. The Morgan fingerprint density at radius 1 is 1.17 bits per heavy atom. The molecule has 3 N–H and O–H groups in total. The number of anilines is 2. The minimum Gasteiger partial charge on any atom is -0.492 e. The zero-order valence-electron chi connectivity index (χ0n) is 17.1. The number of pyridine rings is 1. The molecular weight excluding hydrogens is 366 g/mol. The van der Waals surface area contributed by atoms with Crippen molar-refractivity contribution < 1.29 is 9.47 Å². The van der Waals surface area contributed by atoms with Gasteiger partial charge in [-0.2, -0.15) is 5.26 Å². The number of benzene rings is 1. The first kappa shape index (κ1) is 20.7. The Balaban J connectivity index is 1.94. The van der Waals surface area contributed by atoms with Crippen molar-refractivity contribution in [2.45, 2.75) is 39.3 Å². The van der Waals surface area contributed by atoms with E-state index in [9.17, 15) is 0 Å². The Morgan fingerprint density at radius 2 is 1.83 bits per heavy atom. The lowest BCUT2D eigenvalue weighted by Gasteiger charge is -2.36. The smallest absolute Gasteiger partial charge is 0.146 e. The van der Waals surface area contributed by atoms with Crippen LogP contribution >= 0.6 is 0 Å². The summed E-state index contributed by atoms with van der Waals surface area (Å²) in [5.41, 5.74) is 8.37. The van der Waals surface area contributed by atoms with Gasteiger partial charge in [0.05, 0.1) is 18.8 Å². The average Bonchev–Trinajstić information content (AvgIpc) is 2.76. The standard InChI is InChI=1S/C22H29N5O2/c1-3-28-19-11-17(12-20(22(19)24)29-4-2)15-27(18-7-9-25-10-8-18)21-6-5-16(13-23)14-26-21/h5-6,11-12,14,18,25H,3-4,7-10,15,24H2,1-2H3. The maximum atomic E-state index is 9.09. The maximum Gasteiger partial charge on any atom is 0.146 e. The highest BCUT2D eigenvalue weighted by Gasteiger charge is 2.23. The Hall–Kier alpha value is -2.98. The van der Waals surface area contributed by atoms with Crippen LogP contribution in [0.4, 0.5) is 11.5 Å². The predicted molar refractivity (Wildman–Crippen MR) is 114 cm³/mol. The molecular formula is C22H29N5O2. The lowest BCUT2D eigenvalue weighted by atomic mass is 10.0. The number of nitrogen functional groups attached to an aromatic ring is 1. The predicted octanol–water partition coefficient (Wildman–Crippen LogP) is 3.09. The van der Waals surface area contributed by atoms with E-state index >= 15 is 0 Å². The molecule has 0 spiro atoms. The van der Waals surface area contributed by atoms with Crippen LogP contribution in [0.2, 0.25) is 0 Å². The van der Waals surface area contributed by atoms with Crippen LogP contribution in [0.5, 0.6) is 11.5 Å². The first-order valence-electron chi connectivity index (χ1n) is 10.2. The fourth-order valence-corrected chi connectivity index (χ4v) is 3.63. The van der Waals surface area contributed by atoms with E-state index in [0.29, 0.717) is 48.6 Å². The number of nitriles is 1. The highest BCUT2D eigenvalue weighted by Crippen LogP contribution is 2.35. The third-order valence-corrected chi connectivity index (χ3v) is 5.04.